The Balaban J connectivity index is 1.90. The van der Waals surface area contributed by atoms with E-state index in [1.807, 2.05) is 0 Å². The van der Waals surface area contributed by atoms with Crippen LogP contribution in [0.1, 0.15) is 0 Å². The fourth-order valence-corrected chi connectivity index (χ4v) is 2.32. The van der Waals surface area contributed by atoms with E-state index in [9.17, 15) is 0 Å². The summed E-state index contributed by atoms with van der Waals surface area (Å²) < 4.78 is 5.37. The van der Waals surface area contributed by atoms with Crippen molar-refractivity contribution in [1.29, 1.82) is 0 Å². The lowest BCUT2D eigenvalue weighted by molar-refractivity contribution is -0.0407. The number of hydrogen-bond acceptors (Lipinski definition) is 5. The molecular formula is C11H22N4O. The second kappa shape index (κ2) is 5.72. The van der Waals surface area contributed by atoms with Crippen molar-refractivity contribution in [2.24, 2.45) is 4.99 Å². The number of piperazine rings is 1. The third-order valence-corrected chi connectivity index (χ3v) is 3.40. The Morgan fingerprint density at radius 3 is 2.12 bits per heavy atom. The molecule has 2 rings (SSSR count). The second-order valence-corrected chi connectivity index (χ2v) is 4.52. The van der Waals surface area contributed by atoms with Gasteiger partial charge in [0.05, 0.1) is 13.2 Å². The Labute approximate surface area is 97.7 Å². The molecular weight excluding hydrogens is 204 g/mol. The van der Waals surface area contributed by atoms with E-state index < -0.39 is 0 Å². The number of morpholine rings is 1. The van der Waals surface area contributed by atoms with Crippen molar-refractivity contribution in [2.75, 3.05) is 59.5 Å². The fraction of sp³-hybridized carbons (Fsp3) is 0.909. The van der Waals surface area contributed by atoms with Crippen molar-refractivity contribution in [3.05, 3.63) is 0 Å². The topological polar surface area (TPSA) is 31.3 Å². The lowest BCUT2D eigenvalue weighted by Crippen LogP contribution is -2.56. The van der Waals surface area contributed by atoms with Crippen molar-refractivity contribution < 1.29 is 4.74 Å². The first-order valence-corrected chi connectivity index (χ1v) is 6.01. The molecule has 0 saturated carbocycles. The van der Waals surface area contributed by atoms with Gasteiger partial charge in [-0.1, -0.05) is 0 Å². The molecule has 0 aromatic rings. The van der Waals surface area contributed by atoms with Gasteiger partial charge >= 0.3 is 0 Å². The maximum absolute atomic E-state index is 5.37. The van der Waals surface area contributed by atoms with Gasteiger partial charge in [0.1, 0.15) is 0 Å². The lowest BCUT2D eigenvalue weighted by Gasteiger charge is -2.42. The molecule has 2 aliphatic heterocycles. The van der Waals surface area contributed by atoms with E-state index in [4.69, 9.17) is 4.74 Å². The highest BCUT2D eigenvalue weighted by Crippen LogP contribution is 2.12. The average molecular weight is 226 g/mol. The van der Waals surface area contributed by atoms with Crippen molar-refractivity contribution in [2.45, 2.75) is 6.29 Å². The van der Waals surface area contributed by atoms with Gasteiger partial charge in [-0.25, -0.2) is 0 Å². The molecule has 1 atom stereocenters. The van der Waals surface area contributed by atoms with Crippen LogP contribution in [0.2, 0.25) is 0 Å². The molecule has 2 fully saturated rings. The molecule has 92 valence electrons. The molecule has 1 unspecified atom stereocenters. The van der Waals surface area contributed by atoms with Crippen LogP contribution >= 0.6 is 0 Å². The molecule has 0 amide bonds. The second-order valence-electron chi connectivity index (χ2n) is 4.52. The molecule has 0 spiro atoms. The third kappa shape index (κ3) is 2.79. The normalized spacial score (nSPS) is 27.8. The van der Waals surface area contributed by atoms with Gasteiger partial charge in [-0.05, 0) is 13.8 Å². The molecule has 0 radical (unpaired) electrons. The van der Waals surface area contributed by atoms with E-state index in [0.717, 1.165) is 52.5 Å². The standard InChI is InChI=1S/C11H22N4O/c1-12-11(15-7-9-16-10-8-15)14-5-3-13(2)4-6-14/h11H,1,3-10H2,2H3. The Hall–Kier alpha value is -0.490. The highest BCUT2D eigenvalue weighted by Gasteiger charge is 2.27. The van der Waals surface area contributed by atoms with Crippen molar-refractivity contribution in [3.8, 4) is 0 Å². The van der Waals surface area contributed by atoms with Crippen LogP contribution in [0.4, 0.5) is 0 Å². The van der Waals surface area contributed by atoms with Crippen molar-refractivity contribution in [1.82, 2.24) is 14.7 Å². The molecule has 0 bridgehead atoms. The summed E-state index contributed by atoms with van der Waals surface area (Å²) in [6.07, 6.45) is 0.151. The molecule has 0 aromatic carbocycles. The lowest BCUT2D eigenvalue weighted by atomic mass is 10.3. The van der Waals surface area contributed by atoms with Gasteiger partial charge in [0.2, 0.25) is 0 Å². The van der Waals surface area contributed by atoms with Gasteiger partial charge in [0.25, 0.3) is 0 Å². The first-order chi connectivity index (χ1) is 7.81. The number of aliphatic imine (C=N–C) groups is 1. The zero-order chi connectivity index (χ0) is 11.4. The number of likely N-dealkylation sites (N-methyl/N-ethyl adjacent to an activating group) is 1. The number of nitrogens with zero attached hydrogens (tertiary/aromatic N) is 4. The molecule has 0 aliphatic carbocycles. The van der Waals surface area contributed by atoms with Gasteiger partial charge in [-0.2, -0.15) is 0 Å². The van der Waals surface area contributed by atoms with E-state index >= 15 is 0 Å². The van der Waals surface area contributed by atoms with Crippen LogP contribution in [0.15, 0.2) is 4.99 Å². The minimum Gasteiger partial charge on any atom is -0.379 e. The monoisotopic (exact) mass is 226 g/mol. The SMILES string of the molecule is C=NC(N1CCOCC1)N1CCN(C)CC1. The summed E-state index contributed by atoms with van der Waals surface area (Å²) in [5.41, 5.74) is 0. The average Bonchev–Trinajstić information content (AvgIpc) is 2.34. The highest BCUT2D eigenvalue weighted by atomic mass is 16.5. The Bertz CT molecular complexity index is 222. The molecule has 0 N–H and O–H groups in total. The molecule has 2 heterocycles. The van der Waals surface area contributed by atoms with Gasteiger partial charge in [0, 0.05) is 39.3 Å². The molecule has 2 aliphatic rings. The van der Waals surface area contributed by atoms with Gasteiger partial charge in [-0.3, -0.25) is 14.8 Å². The van der Waals surface area contributed by atoms with E-state index in [-0.39, 0.29) is 6.29 Å². The summed E-state index contributed by atoms with van der Waals surface area (Å²) >= 11 is 0. The maximum atomic E-state index is 5.37. The zero-order valence-corrected chi connectivity index (χ0v) is 10.1. The van der Waals surface area contributed by atoms with Crippen molar-refractivity contribution >= 4 is 6.72 Å². The predicted molar refractivity (Wildman–Crippen MR) is 64.8 cm³/mol. The molecule has 0 aromatic heterocycles. The van der Waals surface area contributed by atoms with E-state index in [2.05, 4.69) is 33.5 Å². The summed E-state index contributed by atoms with van der Waals surface area (Å²) in [5.74, 6) is 0. The summed E-state index contributed by atoms with van der Waals surface area (Å²) in [6.45, 7) is 11.7. The molecule has 2 saturated heterocycles. The van der Waals surface area contributed by atoms with Crippen LogP contribution in [0.25, 0.3) is 0 Å². The van der Waals surface area contributed by atoms with Crippen LogP contribution < -0.4 is 0 Å². The maximum Gasteiger partial charge on any atom is 0.158 e. The molecule has 5 nitrogen and oxygen atoms in total. The summed E-state index contributed by atoms with van der Waals surface area (Å²) in [4.78, 5) is 11.4. The Morgan fingerprint density at radius 1 is 1.00 bits per heavy atom. The van der Waals surface area contributed by atoms with Gasteiger partial charge in [-0.15, -0.1) is 0 Å². The summed E-state index contributed by atoms with van der Waals surface area (Å²) in [7, 11) is 2.17. The van der Waals surface area contributed by atoms with E-state index in [0.29, 0.717) is 0 Å². The fourth-order valence-electron chi connectivity index (χ4n) is 2.32. The van der Waals surface area contributed by atoms with Crippen LogP contribution in [-0.4, -0.2) is 87.2 Å². The quantitative estimate of drug-likeness (QED) is 0.610. The third-order valence-electron chi connectivity index (χ3n) is 3.40. The molecule has 16 heavy (non-hydrogen) atoms. The number of rotatable bonds is 3. The summed E-state index contributed by atoms with van der Waals surface area (Å²) in [5, 5.41) is 0. The van der Waals surface area contributed by atoms with E-state index in [1.165, 1.54) is 0 Å². The first-order valence-electron chi connectivity index (χ1n) is 6.01. The van der Waals surface area contributed by atoms with Gasteiger partial charge in [0.15, 0.2) is 6.29 Å². The largest absolute Gasteiger partial charge is 0.379 e. The number of hydrogen-bond donors (Lipinski definition) is 0. The van der Waals surface area contributed by atoms with Crippen LogP contribution in [0, 0.1) is 0 Å². The Kier molecular flexibility index (Phi) is 4.29. The highest BCUT2D eigenvalue weighted by molar-refractivity contribution is 5.24. The first kappa shape index (κ1) is 12.0. The predicted octanol–water partition coefficient (Wildman–Crippen LogP) is -0.450. The Morgan fingerprint density at radius 2 is 1.56 bits per heavy atom. The zero-order valence-electron chi connectivity index (χ0n) is 10.1. The van der Waals surface area contributed by atoms with Gasteiger partial charge < -0.3 is 9.64 Å². The number of ether oxygens (including phenoxy) is 1. The smallest absolute Gasteiger partial charge is 0.158 e. The van der Waals surface area contributed by atoms with E-state index in [1.54, 1.807) is 0 Å². The minimum absolute atomic E-state index is 0.151. The van der Waals surface area contributed by atoms with Crippen LogP contribution in [0.3, 0.4) is 0 Å². The minimum atomic E-state index is 0.151. The summed E-state index contributed by atoms with van der Waals surface area (Å²) in [6, 6.07) is 0. The van der Waals surface area contributed by atoms with Crippen LogP contribution in [-0.2, 0) is 4.74 Å². The van der Waals surface area contributed by atoms with Crippen LogP contribution in [0.5, 0.6) is 0 Å². The molecule has 5 heteroatoms. The van der Waals surface area contributed by atoms with Crippen molar-refractivity contribution in [3.63, 3.8) is 0 Å².